The Kier molecular flexibility index (Phi) is 3.84. The van der Waals surface area contributed by atoms with Gasteiger partial charge in [-0.1, -0.05) is 28.1 Å². The van der Waals surface area contributed by atoms with Crippen molar-refractivity contribution in [2.75, 3.05) is 10.2 Å². The van der Waals surface area contributed by atoms with Crippen LogP contribution in [0, 0.1) is 35.5 Å². The maximum Gasteiger partial charge on any atom is 0.255 e. The molecule has 1 aliphatic heterocycles. The van der Waals surface area contributed by atoms with E-state index in [2.05, 4.69) is 33.4 Å². The first kappa shape index (κ1) is 18.1. The van der Waals surface area contributed by atoms with Crippen molar-refractivity contribution < 1.29 is 14.4 Å². The van der Waals surface area contributed by atoms with Crippen LogP contribution in [0.4, 0.5) is 11.4 Å². The number of carbonyl (C=O) groups is 3. The highest BCUT2D eigenvalue weighted by Gasteiger charge is 2.67. The average Bonchev–Trinajstić information content (AvgIpc) is 3.53. The fourth-order valence-electron chi connectivity index (χ4n) is 5.71. The smallest absolute Gasteiger partial charge is 0.255 e. The highest BCUT2D eigenvalue weighted by Crippen LogP contribution is 2.65. The van der Waals surface area contributed by atoms with Crippen LogP contribution in [-0.4, -0.2) is 17.7 Å². The zero-order valence-corrected chi connectivity index (χ0v) is 17.6. The van der Waals surface area contributed by atoms with Gasteiger partial charge in [-0.15, -0.1) is 0 Å². The zero-order chi connectivity index (χ0) is 20.6. The predicted molar refractivity (Wildman–Crippen MR) is 116 cm³/mol. The van der Waals surface area contributed by atoms with Crippen molar-refractivity contribution in [3.63, 3.8) is 0 Å². The molecule has 0 aromatic heterocycles. The van der Waals surface area contributed by atoms with Crippen LogP contribution in [0.25, 0.3) is 0 Å². The van der Waals surface area contributed by atoms with E-state index in [9.17, 15) is 14.4 Å². The molecule has 5 aliphatic rings. The van der Waals surface area contributed by atoms with E-state index in [1.165, 1.54) is 4.90 Å². The predicted octanol–water partition coefficient (Wildman–Crippen LogP) is 4.26. The molecule has 0 unspecified atom stereocenters. The number of carbonyl (C=O) groups excluding carboxylic acids is 3. The van der Waals surface area contributed by atoms with E-state index < -0.39 is 0 Å². The Morgan fingerprint density at radius 2 is 1.43 bits per heavy atom. The van der Waals surface area contributed by atoms with Crippen molar-refractivity contribution in [3.05, 3.63) is 70.7 Å². The molecule has 150 valence electrons. The molecule has 0 radical (unpaired) electrons. The number of allylic oxidation sites excluding steroid dienone is 2. The highest BCUT2D eigenvalue weighted by atomic mass is 79.9. The van der Waals surface area contributed by atoms with Gasteiger partial charge in [0.25, 0.3) is 5.91 Å². The first-order valence-electron chi connectivity index (χ1n) is 10.3. The normalized spacial score (nSPS) is 32.8. The van der Waals surface area contributed by atoms with E-state index in [-0.39, 0.29) is 41.4 Å². The SMILES string of the molecule is O=C(Nc1ccc(Br)cc1)c1ccc(N2C(=O)[C@@H]3[C@@H]4C=C[C@H]([C@H]5C[C@H]45)[C@@H]3C2=O)cc1. The number of anilines is 2. The van der Waals surface area contributed by atoms with Gasteiger partial charge in [-0.2, -0.15) is 0 Å². The minimum Gasteiger partial charge on any atom is -0.322 e. The standard InChI is InChI=1S/C24H19BrN2O3/c25-13-3-5-14(6-4-13)26-22(28)12-1-7-15(8-2-12)27-23(29)20-16-9-10-17(19-11-18(16)19)21(20)24(27)30/h1-10,16-21H,11H2,(H,26,28)/t16-,17-,18-,19-,20-,21+/m1/s1. The zero-order valence-electron chi connectivity index (χ0n) is 16.0. The molecule has 1 N–H and O–H groups in total. The van der Waals surface area contributed by atoms with Gasteiger partial charge in [0.05, 0.1) is 17.5 Å². The van der Waals surface area contributed by atoms with Gasteiger partial charge in [0.15, 0.2) is 0 Å². The molecular formula is C24H19BrN2O3. The topological polar surface area (TPSA) is 66.5 Å². The van der Waals surface area contributed by atoms with Gasteiger partial charge in [0.2, 0.25) is 11.8 Å². The summed E-state index contributed by atoms with van der Waals surface area (Å²) < 4.78 is 0.936. The quantitative estimate of drug-likeness (QED) is 0.547. The Hall–Kier alpha value is -2.73. The number of halogens is 1. The third-order valence-corrected chi connectivity index (χ3v) is 7.68. The van der Waals surface area contributed by atoms with Crippen LogP contribution < -0.4 is 10.2 Å². The molecule has 7 rings (SSSR count). The summed E-state index contributed by atoms with van der Waals surface area (Å²) in [7, 11) is 0. The summed E-state index contributed by atoms with van der Waals surface area (Å²) in [5.41, 5.74) is 1.72. The number of imide groups is 1. The van der Waals surface area contributed by atoms with E-state index in [0.29, 0.717) is 28.8 Å². The summed E-state index contributed by atoms with van der Waals surface area (Å²) in [4.78, 5) is 40.2. The number of rotatable bonds is 3. The van der Waals surface area contributed by atoms with Crippen molar-refractivity contribution in [1.82, 2.24) is 0 Å². The number of benzene rings is 2. The van der Waals surface area contributed by atoms with Crippen LogP contribution >= 0.6 is 15.9 Å². The van der Waals surface area contributed by atoms with Gasteiger partial charge in [-0.25, -0.2) is 0 Å². The Morgan fingerprint density at radius 1 is 0.867 bits per heavy atom. The molecule has 6 atom stereocenters. The molecule has 2 bridgehead atoms. The van der Waals surface area contributed by atoms with Crippen LogP contribution in [0.15, 0.2) is 65.2 Å². The Bertz CT molecular complexity index is 1070. The van der Waals surface area contributed by atoms with Gasteiger partial charge in [-0.3, -0.25) is 19.3 Å². The molecule has 4 aliphatic carbocycles. The molecular weight excluding hydrogens is 444 g/mol. The van der Waals surface area contributed by atoms with Gasteiger partial charge in [-0.05, 0) is 78.6 Å². The average molecular weight is 463 g/mol. The first-order chi connectivity index (χ1) is 14.5. The molecule has 5 nitrogen and oxygen atoms in total. The van der Waals surface area contributed by atoms with Crippen LogP contribution in [0.1, 0.15) is 16.8 Å². The second kappa shape index (κ2) is 6.38. The lowest BCUT2D eigenvalue weighted by Gasteiger charge is -2.37. The molecule has 1 saturated heterocycles. The Morgan fingerprint density at radius 3 is 2.00 bits per heavy atom. The molecule has 2 aromatic rings. The van der Waals surface area contributed by atoms with Crippen LogP contribution in [0.2, 0.25) is 0 Å². The van der Waals surface area contributed by atoms with Gasteiger partial charge in [0.1, 0.15) is 0 Å². The number of hydrogen-bond donors (Lipinski definition) is 1. The van der Waals surface area contributed by atoms with Crippen molar-refractivity contribution in [2.45, 2.75) is 6.42 Å². The van der Waals surface area contributed by atoms with Crippen molar-refractivity contribution in [2.24, 2.45) is 35.5 Å². The minimum absolute atomic E-state index is 0.0817. The monoisotopic (exact) mass is 462 g/mol. The second-order valence-electron chi connectivity index (χ2n) is 8.67. The fraction of sp³-hybridized carbons (Fsp3) is 0.292. The second-order valence-corrected chi connectivity index (χ2v) is 9.59. The summed E-state index contributed by atoms with van der Waals surface area (Å²) in [6.07, 6.45) is 5.49. The first-order valence-corrected chi connectivity index (χ1v) is 11.1. The van der Waals surface area contributed by atoms with E-state index >= 15 is 0 Å². The molecule has 3 fully saturated rings. The van der Waals surface area contributed by atoms with Gasteiger partial charge < -0.3 is 5.32 Å². The number of hydrogen-bond acceptors (Lipinski definition) is 3. The summed E-state index contributed by atoms with van der Waals surface area (Å²) in [5.74, 6) is 0.769. The minimum atomic E-state index is -0.237. The van der Waals surface area contributed by atoms with E-state index in [0.717, 1.165) is 10.9 Å². The lowest BCUT2D eigenvalue weighted by Crippen LogP contribution is -2.40. The van der Waals surface area contributed by atoms with Crippen LogP contribution in [-0.2, 0) is 9.59 Å². The lowest BCUT2D eigenvalue weighted by atomic mass is 9.63. The summed E-state index contributed by atoms with van der Waals surface area (Å²) in [6, 6.07) is 14.1. The molecule has 2 aromatic carbocycles. The number of nitrogens with one attached hydrogen (secondary N) is 1. The van der Waals surface area contributed by atoms with Crippen molar-refractivity contribution >= 4 is 45.0 Å². The maximum atomic E-state index is 13.2. The molecule has 1 heterocycles. The van der Waals surface area contributed by atoms with Crippen molar-refractivity contribution in [1.29, 1.82) is 0 Å². The van der Waals surface area contributed by atoms with Gasteiger partial charge >= 0.3 is 0 Å². The summed E-state index contributed by atoms with van der Waals surface area (Å²) in [6.45, 7) is 0. The lowest BCUT2D eigenvalue weighted by molar-refractivity contribution is -0.124. The molecule has 3 amide bonds. The summed E-state index contributed by atoms with van der Waals surface area (Å²) >= 11 is 3.37. The largest absolute Gasteiger partial charge is 0.322 e. The van der Waals surface area contributed by atoms with Crippen LogP contribution in [0.3, 0.4) is 0 Å². The van der Waals surface area contributed by atoms with Gasteiger partial charge in [0, 0.05) is 15.7 Å². The Labute approximate surface area is 182 Å². The highest BCUT2D eigenvalue weighted by molar-refractivity contribution is 9.10. The fourth-order valence-corrected chi connectivity index (χ4v) is 5.97. The molecule has 0 spiro atoms. The van der Waals surface area contributed by atoms with Crippen molar-refractivity contribution in [3.8, 4) is 0 Å². The number of amides is 3. The third kappa shape index (κ3) is 2.56. The van der Waals surface area contributed by atoms with Crippen LogP contribution in [0.5, 0.6) is 0 Å². The summed E-state index contributed by atoms with van der Waals surface area (Å²) in [5, 5.41) is 2.85. The van der Waals surface area contributed by atoms with E-state index in [1.54, 1.807) is 24.3 Å². The molecule has 6 heteroatoms. The molecule has 30 heavy (non-hydrogen) atoms. The maximum absolute atomic E-state index is 13.2. The number of nitrogens with zero attached hydrogens (tertiary/aromatic N) is 1. The Balaban J connectivity index is 1.23. The van der Waals surface area contributed by atoms with E-state index in [1.807, 2.05) is 24.3 Å². The molecule has 2 saturated carbocycles. The van der Waals surface area contributed by atoms with E-state index in [4.69, 9.17) is 0 Å². The third-order valence-electron chi connectivity index (χ3n) is 7.15.